The number of halogens is 1. The second-order valence-electron chi connectivity index (χ2n) is 4.93. The lowest BCUT2D eigenvalue weighted by molar-refractivity contribution is -0.118. The Kier molecular flexibility index (Phi) is 3.84. The average Bonchev–Trinajstić information content (AvgIpc) is 2.46. The number of nitrogen functional groups attached to an aromatic ring is 1. The van der Waals surface area contributed by atoms with Gasteiger partial charge in [-0.25, -0.2) is 4.39 Å². The molecule has 0 bridgehead atoms. The molecule has 21 heavy (non-hydrogen) atoms. The van der Waals surface area contributed by atoms with Crippen LogP contribution in [-0.4, -0.2) is 18.2 Å². The Hall–Kier alpha value is -2.01. The van der Waals surface area contributed by atoms with Crippen LogP contribution in [0.5, 0.6) is 0 Å². The minimum absolute atomic E-state index is 0.0345. The molecule has 3 nitrogen and oxygen atoms in total. The monoisotopic (exact) mass is 302 g/mol. The zero-order valence-electron chi connectivity index (χ0n) is 11.4. The number of fused-ring (bicyclic) bond motifs is 1. The maximum Gasteiger partial charge on any atom is 0.231 e. The number of carbonyl (C=O) groups is 1. The Morgan fingerprint density at radius 1 is 1.29 bits per heavy atom. The number of hydrogen-bond donors (Lipinski definition) is 1. The van der Waals surface area contributed by atoms with Gasteiger partial charge in [-0.15, -0.1) is 11.8 Å². The third-order valence-corrected chi connectivity index (χ3v) is 4.43. The fourth-order valence-corrected chi connectivity index (χ4v) is 3.39. The van der Waals surface area contributed by atoms with Gasteiger partial charge in [-0.05, 0) is 35.9 Å². The molecule has 1 amide bonds. The SMILES string of the molecule is Nc1ccc2c(c1)N(C(=O)Cc1cccc(F)c1)CCS2. The number of carbonyl (C=O) groups excluding carboxylic acids is 1. The van der Waals surface area contributed by atoms with Gasteiger partial charge in [0, 0.05) is 22.9 Å². The van der Waals surface area contributed by atoms with E-state index in [1.165, 1.54) is 12.1 Å². The molecule has 0 atom stereocenters. The molecule has 3 rings (SSSR count). The van der Waals surface area contributed by atoms with Crippen molar-refractivity contribution in [1.82, 2.24) is 0 Å². The second-order valence-corrected chi connectivity index (χ2v) is 6.06. The van der Waals surface area contributed by atoms with Crippen LogP contribution in [0.3, 0.4) is 0 Å². The summed E-state index contributed by atoms with van der Waals surface area (Å²) in [6, 6.07) is 11.8. The molecule has 108 valence electrons. The van der Waals surface area contributed by atoms with Crippen LogP contribution >= 0.6 is 11.8 Å². The molecular formula is C16H15FN2OS. The van der Waals surface area contributed by atoms with E-state index in [1.807, 2.05) is 18.2 Å². The summed E-state index contributed by atoms with van der Waals surface area (Å²) in [5.74, 6) is 0.498. The van der Waals surface area contributed by atoms with Crippen LogP contribution in [0.1, 0.15) is 5.56 Å². The van der Waals surface area contributed by atoms with Crippen molar-refractivity contribution >= 4 is 29.0 Å². The number of nitrogens with two attached hydrogens (primary N) is 1. The molecule has 0 aliphatic carbocycles. The van der Waals surface area contributed by atoms with Crippen LogP contribution in [0.25, 0.3) is 0 Å². The molecule has 0 unspecified atom stereocenters. The average molecular weight is 302 g/mol. The van der Waals surface area contributed by atoms with Gasteiger partial charge in [-0.2, -0.15) is 0 Å². The summed E-state index contributed by atoms with van der Waals surface area (Å²) in [7, 11) is 0. The maximum absolute atomic E-state index is 13.2. The summed E-state index contributed by atoms with van der Waals surface area (Å²) in [6.45, 7) is 0.648. The predicted octanol–water partition coefficient (Wildman–Crippen LogP) is 3.09. The van der Waals surface area contributed by atoms with E-state index in [0.717, 1.165) is 16.3 Å². The molecular weight excluding hydrogens is 287 g/mol. The number of hydrogen-bond acceptors (Lipinski definition) is 3. The van der Waals surface area contributed by atoms with Gasteiger partial charge < -0.3 is 10.6 Å². The standard InChI is InChI=1S/C16H15FN2OS/c17-12-3-1-2-11(8-12)9-16(20)19-6-7-21-15-5-4-13(18)10-14(15)19/h1-5,8,10H,6-7,9,18H2. The molecule has 0 spiro atoms. The van der Waals surface area contributed by atoms with Gasteiger partial charge in [0.25, 0.3) is 0 Å². The van der Waals surface area contributed by atoms with Crippen molar-refractivity contribution in [2.45, 2.75) is 11.3 Å². The smallest absolute Gasteiger partial charge is 0.231 e. The summed E-state index contributed by atoms with van der Waals surface area (Å²) in [5.41, 5.74) is 8.00. The van der Waals surface area contributed by atoms with Crippen molar-refractivity contribution in [3.63, 3.8) is 0 Å². The topological polar surface area (TPSA) is 46.3 Å². The van der Waals surface area contributed by atoms with Crippen LogP contribution < -0.4 is 10.6 Å². The van der Waals surface area contributed by atoms with Crippen LogP contribution in [0.15, 0.2) is 47.4 Å². The quantitative estimate of drug-likeness (QED) is 0.867. The van der Waals surface area contributed by atoms with Crippen molar-refractivity contribution in [2.75, 3.05) is 22.9 Å². The molecule has 5 heteroatoms. The van der Waals surface area contributed by atoms with Gasteiger partial charge in [0.2, 0.25) is 5.91 Å². The van der Waals surface area contributed by atoms with Crippen molar-refractivity contribution in [3.8, 4) is 0 Å². The lowest BCUT2D eigenvalue weighted by atomic mass is 10.1. The highest BCUT2D eigenvalue weighted by Crippen LogP contribution is 2.36. The van der Waals surface area contributed by atoms with Crippen LogP contribution in [0, 0.1) is 5.82 Å². The van der Waals surface area contributed by atoms with Gasteiger partial charge in [-0.3, -0.25) is 4.79 Å². The highest BCUT2D eigenvalue weighted by atomic mass is 32.2. The number of nitrogens with zero attached hydrogens (tertiary/aromatic N) is 1. The first kappa shape index (κ1) is 13.9. The van der Waals surface area contributed by atoms with E-state index < -0.39 is 0 Å². The summed E-state index contributed by atoms with van der Waals surface area (Å²) in [5, 5.41) is 0. The number of amides is 1. The summed E-state index contributed by atoms with van der Waals surface area (Å²) < 4.78 is 13.2. The fourth-order valence-electron chi connectivity index (χ4n) is 2.41. The Balaban J connectivity index is 1.85. The molecule has 2 aromatic carbocycles. The normalized spacial score (nSPS) is 13.9. The Bertz CT molecular complexity index is 690. The largest absolute Gasteiger partial charge is 0.399 e. The van der Waals surface area contributed by atoms with Gasteiger partial charge in [0.1, 0.15) is 5.82 Å². The van der Waals surface area contributed by atoms with E-state index in [0.29, 0.717) is 17.8 Å². The van der Waals surface area contributed by atoms with Gasteiger partial charge in [0.15, 0.2) is 0 Å². The lowest BCUT2D eigenvalue weighted by Crippen LogP contribution is -2.36. The van der Waals surface area contributed by atoms with Gasteiger partial charge >= 0.3 is 0 Å². The lowest BCUT2D eigenvalue weighted by Gasteiger charge is -2.29. The third-order valence-electron chi connectivity index (χ3n) is 3.39. The van der Waals surface area contributed by atoms with Crippen molar-refractivity contribution in [2.24, 2.45) is 0 Å². The minimum Gasteiger partial charge on any atom is -0.399 e. The maximum atomic E-state index is 13.2. The Morgan fingerprint density at radius 3 is 2.95 bits per heavy atom. The van der Waals surface area contributed by atoms with E-state index in [1.54, 1.807) is 28.8 Å². The first-order valence-corrected chi connectivity index (χ1v) is 7.69. The number of rotatable bonds is 2. The molecule has 0 saturated heterocycles. The third kappa shape index (κ3) is 3.03. The molecule has 2 N–H and O–H groups in total. The Labute approximate surface area is 126 Å². The van der Waals surface area contributed by atoms with Crippen molar-refractivity contribution in [3.05, 3.63) is 53.8 Å². The summed E-state index contributed by atoms with van der Waals surface area (Å²) in [4.78, 5) is 15.3. The number of benzene rings is 2. The van der Waals surface area contributed by atoms with Crippen molar-refractivity contribution in [1.29, 1.82) is 0 Å². The van der Waals surface area contributed by atoms with Crippen LogP contribution in [-0.2, 0) is 11.2 Å². The molecule has 1 aliphatic heterocycles. The van der Waals surface area contributed by atoms with E-state index in [4.69, 9.17) is 5.73 Å². The summed E-state index contributed by atoms with van der Waals surface area (Å²) >= 11 is 1.72. The highest BCUT2D eigenvalue weighted by Gasteiger charge is 2.23. The van der Waals surface area contributed by atoms with E-state index in [2.05, 4.69) is 0 Å². The molecule has 1 aliphatic rings. The molecule has 0 fully saturated rings. The zero-order valence-corrected chi connectivity index (χ0v) is 12.2. The van der Waals surface area contributed by atoms with Crippen LogP contribution in [0.4, 0.5) is 15.8 Å². The fraction of sp³-hybridized carbons (Fsp3) is 0.188. The molecule has 2 aromatic rings. The first-order chi connectivity index (χ1) is 10.1. The van der Waals surface area contributed by atoms with E-state index >= 15 is 0 Å². The Morgan fingerprint density at radius 2 is 2.14 bits per heavy atom. The summed E-state index contributed by atoms with van der Waals surface area (Å²) in [6.07, 6.45) is 0.191. The number of anilines is 2. The van der Waals surface area contributed by atoms with Crippen molar-refractivity contribution < 1.29 is 9.18 Å². The number of thioether (sulfide) groups is 1. The molecule has 0 saturated carbocycles. The van der Waals surface area contributed by atoms with Gasteiger partial charge in [-0.1, -0.05) is 12.1 Å². The second kappa shape index (κ2) is 5.77. The highest BCUT2D eigenvalue weighted by molar-refractivity contribution is 7.99. The first-order valence-electron chi connectivity index (χ1n) is 6.70. The van der Waals surface area contributed by atoms with Gasteiger partial charge in [0.05, 0.1) is 12.1 Å². The van der Waals surface area contributed by atoms with Crippen LogP contribution in [0.2, 0.25) is 0 Å². The molecule has 0 radical (unpaired) electrons. The predicted molar refractivity (Wildman–Crippen MR) is 84.0 cm³/mol. The van der Waals surface area contributed by atoms with E-state index in [9.17, 15) is 9.18 Å². The minimum atomic E-state index is -0.320. The molecule has 1 heterocycles. The van der Waals surface area contributed by atoms with E-state index in [-0.39, 0.29) is 18.1 Å². The molecule has 0 aromatic heterocycles. The zero-order chi connectivity index (χ0) is 14.8.